The third kappa shape index (κ3) is 2.69. The second kappa shape index (κ2) is 5.73. The van der Waals surface area contributed by atoms with Gasteiger partial charge in [0, 0.05) is 5.70 Å². The fourth-order valence-corrected chi connectivity index (χ4v) is 2.58. The number of nitrogens with two attached hydrogens (primary N) is 2. The summed E-state index contributed by atoms with van der Waals surface area (Å²) in [4.78, 5) is 0. The van der Waals surface area contributed by atoms with Gasteiger partial charge in [0.05, 0.1) is 17.7 Å². The van der Waals surface area contributed by atoms with Gasteiger partial charge in [-0.3, -0.25) is 0 Å². The van der Waals surface area contributed by atoms with Crippen LogP contribution in [0.3, 0.4) is 0 Å². The van der Waals surface area contributed by atoms with Gasteiger partial charge in [-0.15, -0.1) is 0 Å². The quantitative estimate of drug-likeness (QED) is 0.850. The SMILES string of the molecule is CC=C1CCCC(N)=C1[C@H](N)c1ccc(C#N)cc1. The second-order valence-electron chi connectivity index (χ2n) is 4.82. The Kier molecular flexibility index (Phi) is 4.03. The zero-order valence-electron chi connectivity index (χ0n) is 11.2. The van der Waals surface area contributed by atoms with Crippen molar-refractivity contribution in [3.8, 4) is 6.07 Å². The highest BCUT2D eigenvalue weighted by molar-refractivity contribution is 5.45. The maximum absolute atomic E-state index is 8.82. The van der Waals surface area contributed by atoms with Crippen LogP contribution in [0.25, 0.3) is 0 Å². The molecule has 98 valence electrons. The third-order valence-electron chi connectivity index (χ3n) is 3.64. The smallest absolute Gasteiger partial charge is 0.0991 e. The van der Waals surface area contributed by atoms with Crippen molar-refractivity contribution in [3.05, 3.63) is 58.3 Å². The van der Waals surface area contributed by atoms with Crippen molar-refractivity contribution in [2.45, 2.75) is 32.2 Å². The maximum Gasteiger partial charge on any atom is 0.0991 e. The van der Waals surface area contributed by atoms with E-state index in [1.807, 2.05) is 19.1 Å². The van der Waals surface area contributed by atoms with E-state index in [0.717, 1.165) is 36.1 Å². The van der Waals surface area contributed by atoms with Crippen molar-refractivity contribution >= 4 is 0 Å². The average molecular weight is 253 g/mol. The molecular weight excluding hydrogens is 234 g/mol. The number of hydrogen-bond acceptors (Lipinski definition) is 3. The molecule has 1 atom stereocenters. The number of allylic oxidation sites excluding steroid dienone is 2. The number of nitrogens with zero attached hydrogens (tertiary/aromatic N) is 1. The molecular formula is C16H19N3. The Balaban J connectivity index is 2.36. The zero-order chi connectivity index (χ0) is 13.8. The van der Waals surface area contributed by atoms with Crippen LogP contribution in [0.15, 0.2) is 47.2 Å². The number of hydrogen-bond donors (Lipinski definition) is 2. The van der Waals surface area contributed by atoms with Crippen molar-refractivity contribution in [2.75, 3.05) is 0 Å². The Labute approximate surface area is 114 Å². The lowest BCUT2D eigenvalue weighted by Crippen LogP contribution is -2.21. The van der Waals surface area contributed by atoms with Crippen molar-refractivity contribution in [1.29, 1.82) is 5.26 Å². The van der Waals surface area contributed by atoms with E-state index in [-0.39, 0.29) is 6.04 Å². The summed E-state index contributed by atoms with van der Waals surface area (Å²) in [5.41, 5.74) is 17.4. The lowest BCUT2D eigenvalue weighted by Gasteiger charge is -2.26. The molecule has 1 aromatic rings. The number of rotatable bonds is 2. The van der Waals surface area contributed by atoms with Crippen molar-refractivity contribution < 1.29 is 0 Å². The van der Waals surface area contributed by atoms with Crippen LogP contribution in [0.2, 0.25) is 0 Å². The minimum Gasteiger partial charge on any atom is -0.402 e. The molecule has 1 aromatic carbocycles. The molecule has 0 amide bonds. The summed E-state index contributed by atoms with van der Waals surface area (Å²) in [5.74, 6) is 0. The number of nitriles is 1. The molecule has 0 radical (unpaired) electrons. The highest BCUT2D eigenvalue weighted by Gasteiger charge is 2.21. The molecule has 0 saturated heterocycles. The predicted molar refractivity (Wildman–Crippen MR) is 76.9 cm³/mol. The Morgan fingerprint density at radius 2 is 1.95 bits per heavy atom. The summed E-state index contributed by atoms with van der Waals surface area (Å²) in [6.07, 6.45) is 5.15. The molecule has 1 aliphatic carbocycles. The van der Waals surface area contributed by atoms with E-state index in [1.165, 1.54) is 5.57 Å². The molecule has 0 aliphatic heterocycles. The van der Waals surface area contributed by atoms with Crippen molar-refractivity contribution in [2.24, 2.45) is 11.5 Å². The molecule has 1 aliphatic rings. The van der Waals surface area contributed by atoms with E-state index in [4.69, 9.17) is 16.7 Å². The molecule has 0 aromatic heterocycles. The number of benzene rings is 1. The molecule has 0 bridgehead atoms. The van der Waals surface area contributed by atoms with Crippen LogP contribution in [-0.2, 0) is 0 Å². The topological polar surface area (TPSA) is 75.8 Å². The Hall–Kier alpha value is -2.05. The van der Waals surface area contributed by atoms with Crippen molar-refractivity contribution in [1.82, 2.24) is 0 Å². The summed E-state index contributed by atoms with van der Waals surface area (Å²) in [5, 5.41) is 8.82. The molecule has 19 heavy (non-hydrogen) atoms. The Morgan fingerprint density at radius 1 is 1.26 bits per heavy atom. The first-order valence-corrected chi connectivity index (χ1v) is 6.57. The van der Waals surface area contributed by atoms with Gasteiger partial charge in [-0.05, 0) is 55.0 Å². The van der Waals surface area contributed by atoms with Crippen LogP contribution < -0.4 is 11.5 Å². The van der Waals surface area contributed by atoms with E-state index < -0.39 is 0 Å². The second-order valence-corrected chi connectivity index (χ2v) is 4.82. The summed E-state index contributed by atoms with van der Waals surface area (Å²) in [7, 11) is 0. The van der Waals surface area contributed by atoms with E-state index >= 15 is 0 Å². The largest absolute Gasteiger partial charge is 0.402 e. The maximum atomic E-state index is 8.82. The molecule has 0 saturated carbocycles. The first-order valence-electron chi connectivity index (χ1n) is 6.57. The average Bonchev–Trinajstić information content (AvgIpc) is 2.46. The van der Waals surface area contributed by atoms with Crippen molar-refractivity contribution in [3.63, 3.8) is 0 Å². The molecule has 0 unspecified atom stereocenters. The first kappa shape index (κ1) is 13.4. The van der Waals surface area contributed by atoms with E-state index in [0.29, 0.717) is 5.56 Å². The standard InChI is InChI=1S/C16H19N3/c1-2-12-4-3-5-14(18)15(12)16(19)13-8-6-11(10-17)7-9-13/h2,6-9,16H,3-5,18-19H2,1H3/t16-/m1/s1. The minimum absolute atomic E-state index is 0.209. The first-order chi connectivity index (χ1) is 9.17. The van der Waals surface area contributed by atoms with Gasteiger partial charge < -0.3 is 11.5 Å². The predicted octanol–water partition coefficient (Wildman–Crippen LogP) is 2.90. The summed E-state index contributed by atoms with van der Waals surface area (Å²) in [6.45, 7) is 2.03. The Morgan fingerprint density at radius 3 is 2.53 bits per heavy atom. The summed E-state index contributed by atoms with van der Waals surface area (Å²) >= 11 is 0. The lowest BCUT2D eigenvalue weighted by atomic mass is 9.84. The van der Waals surface area contributed by atoms with Crippen LogP contribution in [0, 0.1) is 11.3 Å². The highest BCUT2D eigenvalue weighted by atomic mass is 14.7. The minimum atomic E-state index is -0.209. The van der Waals surface area contributed by atoms with E-state index in [1.54, 1.807) is 12.1 Å². The molecule has 0 spiro atoms. The van der Waals surface area contributed by atoms with Crippen LogP contribution in [0.5, 0.6) is 0 Å². The van der Waals surface area contributed by atoms with Crippen LogP contribution in [-0.4, -0.2) is 0 Å². The van der Waals surface area contributed by atoms with Gasteiger partial charge in [0.15, 0.2) is 0 Å². The van der Waals surface area contributed by atoms with Gasteiger partial charge in [-0.25, -0.2) is 0 Å². The van der Waals surface area contributed by atoms with Crippen LogP contribution in [0.1, 0.15) is 43.4 Å². The normalized spacial score (nSPS) is 19.3. The molecule has 4 N–H and O–H groups in total. The van der Waals surface area contributed by atoms with Gasteiger partial charge in [-0.2, -0.15) is 5.26 Å². The monoisotopic (exact) mass is 253 g/mol. The zero-order valence-corrected chi connectivity index (χ0v) is 11.2. The molecule has 0 fully saturated rings. The lowest BCUT2D eigenvalue weighted by molar-refractivity contribution is 0.702. The summed E-state index contributed by atoms with van der Waals surface area (Å²) < 4.78 is 0. The molecule has 3 heteroatoms. The summed E-state index contributed by atoms with van der Waals surface area (Å²) in [6, 6.07) is 9.31. The van der Waals surface area contributed by atoms with Crippen LogP contribution >= 0.6 is 0 Å². The van der Waals surface area contributed by atoms with Gasteiger partial charge in [0.2, 0.25) is 0 Å². The Bertz CT molecular complexity index is 559. The molecule has 2 rings (SSSR count). The van der Waals surface area contributed by atoms with Gasteiger partial charge in [-0.1, -0.05) is 18.2 Å². The van der Waals surface area contributed by atoms with Gasteiger partial charge >= 0.3 is 0 Å². The van der Waals surface area contributed by atoms with E-state index in [2.05, 4.69) is 12.1 Å². The molecule has 0 heterocycles. The van der Waals surface area contributed by atoms with Gasteiger partial charge in [0.25, 0.3) is 0 Å². The molecule has 3 nitrogen and oxygen atoms in total. The fraction of sp³-hybridized carbons (Fsp3) is 0.312. The third-order valence-corrected chi connectivity index (χ3v) is 3.64. The highest BCUT2D eigenvalue weighted by Crippen LogP contribution is 2.34. The fourth-order valence-electron chi connectivity index (χ4n) is 2.58. The van der Waals surface area contributed by atoms with Gasteiger partial charge in [0.1, 0.15) is 0 Å². The van der Waals surface area contributed by atoms with Crippen LogP contribution in [0.4, 0.5) is 0 Å². The van der Waals surface area contributed by atoms with E-state index in [9.17, 15) is 0 Å².